The van der Waals surface area contributed by atoms with E-state index in [9.17, 15) is 0 Å². The quantitative estimate of drug-likeness (QED) is 0.791. The standard InChI is InChI=1S/C12H14ClNO2/c1-3-5-16-12-9(8-14)6-10(13)7-11(12)15-4-2/h6-7H,3-5H2,1-2H3. The largest absolute Gasteiger partial charge is 0.490 e. The minimum Gasteiger partial charge on any atom is -0.490 e. The molecule has 4 heteroatoms. The summed E-state index contributed by atoms with van der Waals surface area (Å²) in [5.74, 6) is 1.01. The molecule has 0 bridgehead atoms. The van der Waals surface area contributed by atoms with Crippen molar-refractivity contribution in [1.29, 1.82) is 5.26 Å². The monoisotopic (exact) mass is 239 g/mol. The number of halogens is 1. The van der Waals surface area contributed by atoms with Gasteiger partial charge in [0.1, 0.15) is 6.07 Å². The number of hydrogen-bond donors (Lipinski definition) is 0. The molecule has 1 aromatic carbocycles. The molecular weight excluding hydrogens is 226 g/mol. The van der Waals surface area contributed by atoms with Crippen molar-refractivity contribution in [2.45, 2.75) is 20.3 Å². The van der Waals surface area contributed by atoms with Gasteiger partial charge in [-0.2, -0.15) is 5.26 Å². The fourth-order valence-electron chi connectivity index (χ4n) is 1.27. The van der Waals surface area contributed by atoms with Gasteiger partial charge in [0.15, 0.2) is 11.5 Å². The maximum absolute atomic E-state index is 8.99. The van der Waals surface area contributed by atoms with Crippen LogP contribution in [0, 0.1) is 11.3 Å². The molecule has 0 aromatic heterocycles. The summed E-state index contributed by atoms with van der Waals surface area (Å²) < 4.78 is 10.9. The molecule has 0 fully saturated rings. The van der Waals surface area contributed by atoms with E-state index in [1.54, 1.807) is 12.1 Å². The lowest BCUT2D eigenvalue weighted by Crippen LogP contribution is -2.02. The Kier molecular flexibility index (Phi) is 4.94. The molecular formula is C12H14ClNO2. The molecule has 0 aliphatic rings. The van der Waals surface area contributed by atoms with Crippen LogP contribution in [0.5, 0.6) is 11.5 Å². The fourth-order valence-corrected chi connectivity index (χ4v) is 1.48. The SMILES string of the molecule is CCCOc1c(C#N)cc(Cl)cc1OCC. The molecule has 0 heterocycles. The Morgan fingerprint density at radius 3 is 2.62 bits per heavy atom. The first-order valence-electron chi connectivity index (χ1n) is 5.22. The molecule has 1 aromatic rings. The Balaban J connectivity index is 3.12. The maximum atomic E-state index is 8.99. The first-order valence-corrected chi connectivity index (χ1v) is 5.60. The molecule has 3 nitrogen and oxygen atoms in total. The van der Waals surface area contributed by atoms with Crippen LogP contribution in [0.25, 0.3) is 0 Å². The van der Waals surface area contributed by atoms with E-state index in [2.05, 4.69) is 6.07 Å². The van der Waals surface area contributed by atoms with E-state index < -0.39 is 0 Å². The molecule has 0 saturated heterocycles. The van der Waals surface area contributed by atoms with E-state index >= 15 is 0 Å². The van der Waals surface area contributed by atoms with Crippen molar-refractivity contribution in [2.24, 2.45) is 0 Å². The van der Waals surface area contributed by atoms with Crippen molar-refractivity contribution in [3.63, 3.8) is 0 Å². The van der Waals surface area contributed by atoms with Crippen molar-refractivity contribution in [1.82, 2.24) is 0 Å². The zero-order valence-electron chi connectivity index (χ0n) is 9.42. The van der Waals surface area contributed by atoms with Gasteiger partial charge in [-0.1, -0.05) is 18.5 Å². The van der Waals surface area contributed by atoms with Crippen LogP contribution in [-0.2, 0) is 0 Å². The molecule has 0 aliphatic heterocycles. The summed E-state index contributed by atoms with van der Waals surface area (Å²) in [7, 11) is 0. The third kappa shape index (κ3) is 3.04. The molecule has 16 heavy (non-hydrogen) atoms. The van der Waals surface area contributed by atoms with Gasteiger partial charge in [0.2, 0.25) is 0 Å². The number of nitrogens with zero attached hydrogens (tertiary/aromatic N) is 1. The Morgan fingerprint density at radius 2 is 2.06 bits per heavy atom. The van der Waals surface area contributed by atoms with Gasteiger partial charge in [-0.25, -0.2) is 0 Å². The minimum absolute atomic E-state index is 0.407. The van der Waals surface area contributed by atoms with Crippen LogP contribution in [0.3, 0.4) is 0 Å². The predicted octanol–water partition coefficient (Wildman–Crippen LogP) is 3.40. The summed E-state index contributed by atoms with van der Waals surface area (Å²) in [5, 5.41) is 9.47. The molecule has 0 atom stereocenters. The predicted molar refractivity (Wildman–Crippen MR) is 63.1 cm³/mol. The molecule has 0 N–H and O–H groups in total. The van der Waals surface area contributed by atoms with Crippen LogP contribution in [0.4, 0.5) is 0 Å². The highest BCUT2D eigenvalue weighted by Gasteiger charge is 2.12. The lowest BCUT2D eigenvalue weighted by Gasteiger charge is -2.13. The first kappa shape index (κ1) is 12.7. The lowest BCUT2D eigenvalue weighted by molar-refractivity contribution is 0.276. The minimum atomic E-state index is 0.407. The Labute approximate surface area is 101 Å². The normalized spacial score (nSPS) is 9.62. The lowest BCUT2D eigenvalue weighted by atomic mass is 10.2. The topological polar surface area (TPSA) is 42.2 Å². The van der Waals surface area contributed by atoms with Gasteiger partial charge in [0.05, 0.1) is 18.8 Å². The summed E-state index contributed by atoms with van der Waals surface area (Å²) in [5.41, 5.74) is 0.407. The van der Waals surface area contributed by atoms with Gasteiger partial charge in [-0.15, -0.1) is 0 Å². The van der Waals surface area contributed by atoms with E-state index in [0.29, 0.717) is 35.3 Å². The number of rotatable bonds is 5. The van der Waals surface area contributed by atoms with Gasteiger partial charge >= 0.3 is 0 Å². The third-order valence-corrected chi connectivity index (χ3v) is 2.11. The van der Waals surface area contributed by atoms with Crippen molar-refractivity contribution >= 4 is 11.6 Å². The number of ether oxygens (including phenoxy) is 2. The zero-order chi connectivity index (χ0) is 12.0. The van der Waals surface area contributed by atoms with E-state index in [1.165, 1.54) is 0 Å². The molecule has 0 amide bonds. The summed E-state index contributed by atoms with van der Waals surface area (Å²) in [6.07, 6.45) is 0.874. The van der Waals surface area contributed by atoms with Gasteiger partial charge in [-0.3, -0.25) is 0 Å². The Hall–Kier alpha value is -1.40. The highest BCUT2D eigenvalue weighted by atomic mass is 35.5. The number of benzene rings is 1. The fraction of sp³-hybridized carbons (Fsp3) is 0.417. The maximum Gasteiger partial charge on any atom is 0.179 e. The van der Waals surface area contributed by atoms with E-state index in [4.69, 9.17) is 26.3 Å². The zero-order valence-corrected chi connectivity index (χ0v) is 10.2. The Bertz CT molecular complexity index is 399. The highest BCUT2D eigenvalue weighted by Crippen LogP contribution is 2.34. The second-order valence-electron chi connectivity index (χ2n) is 3.17. The molecule has 86 valence electrons. The van der Waals surface area contributed by atoms with Crippen LogP contribution >= 0.6 is 11.6 Å². The average Bonchev–Trinajstić information content (AvgIpc) is 2.27. The van der Waals surface area contributed by atoms with Crippen molar-refractivity contribution in [2.75, 3.05) is 13.2 Å². The van der Waals surface area contributed by atoms with Crippen molar-refractivity contribution in [3.05, 3.63) is 22.7 Å². The van der Waals surface area contributed by atoms with E-state index in [0.717, 1.165) is 6.42 Å². The molecule has 0 spiro atoms. The van der Waals surface area contributed by atoms with Gasteiger partial charge in [-0.05, 0) is 19.4 Å². The molecule has 0 aliphatic carbocycles. The van der Waals surface area contributed by atoms with Crippen LogP contribution in [0.15, 0.2) is 12.1 Å². The van der Waals surface area contributed by atoms with Crippen LogP contribution in [0.2, 0.25) is 5.02 Å². The molecule has 1 rings (SSSR count). The molecule has 0 unspecified atom stereocenters. The van der Waals surface area contributed by atoms with Gasteiger partial charge in [0, 0.05) is 11.1 Å². The average molecular weight is 240 g/mol. The highest BCUT2D eigenvalue weighted by molar-refractivity contribution is 6.30. The second-order valence-corrected chi connectivity index (χ2v) is 3.61. The summed E-state index contributed by atoms with van der Waals surface area (Å²) in [6, 6.07) is 5.30. The van der Waals surface area contributed by atoms with E-state index in [1.807, 2.05) is 13.8 Å². The second kappa shape index (κ2) is 6.24. The smallest absolute Gasteiger partial charge is 0.179 e. The van der Waals surface area contributed by atoms with Crippen LogP contribution in [0.1, 0.15) is 25.8 Å². The van der Waals surface area contributed by atoms with Crippen molar-refractivity contribution in [3.8, 4) is 17.6 Å². The third-order valence-electron chi connectivity index (χ3n) is 1.89. The summed E-state index contributed by atoms with van der Waals surface area (Å²) >= 11 is 5.88. The summed E-state index contributed by atoms with van der Waals surface area (Å²) in [4.78, 5) is 0. The van der Waals surface area contributed by atoms with Crippen LogP contribution < -0.4 is 9.47 Å². The van der Waals surface area contributed by atoms with Crippen LogP contribution in [-0.4, -0.2) is 13.2 Å². The Morgan fingerprint density at radius 1 is 1.31 bits per heavy atom. The van der Waals surface area contributed by atoms with Gasteiger partial charge in [0.25, 0.3) is 0 Å². The van der Waals surface area contributed by atoms with Gasteiger partial charge < -0.3 is 9.47 Å². The van der Waals surface area contributed by atoms with Crippen molar-refractivity contribution < 1.29 is 9.47 Å². The van der Waals surface area contributed by atoms with E-state index in [-0.39, 0.29) is 0 Å². The molecule has 0 saturated carbocycles. The summed E-state index contributed by atoms with van der Waals surface area (Å²) in [6.45, 7) is 4.93. The number of hydrogen-bond acceptors (Lipinski definition) is 3. The first-order chi connectivity index (χ1) is 7.72. The number of nitriles is 1. The molecule has 0 radical (unpaired) electrons.